The zero-order valence-electron chi connectivity index (χ0n) is 14.0. The second-order valence-electron chi connectivity index (χ2n) is 7.59. The van der Waals surface area contributed by atoms with Gasteiger partial charge in [-0.25, -0.2) is 0 Å². The lowest BCUT2D eigenvalue weighted by molar-refractivity contribution is -0.138. The van der Waals surface area contributed by atoms with Crippen molar-refractivity contribution in [3.8, 4) is 0 Å². The van der Waals surface area contributed by atoms with E-state index in [-0.39, 0.29) is 17.9 Å². The number of aromatic nitrogens is 1. The van der Waals surface area contributed by atoms with Gasteiger partial charge in [0, 0.05) is 43.0 Å². The van der Waals surface area contributed by atoms with Gasteiger partial charge in [-0.2, -0.15) is 0 Å². The Kier molecular flexibility index (Phi) is 4.25. The van der Waals surface area contributed by atoms with Gasteiger partial charge in [-0.3, -0.25) is 14.6 Å². The Labute approximate surface area is 142 Å². The van der Waals surface area contributed by atoms with Crippen LogP contribution in [0.25, 0.3) is 0 Å². The first-order valence-corrected chi connectivity index (χ1v) is 9.20. The van der Waals surface area contributed by atoms with Crippen LogP contribution in [0.1, 0.15) is 48.9 Å². The monoisotopic (exact) mass is 327 g/mol. The van der Waals surface area contributed by atoms with E-state index >= 15 is 0 Å². The number of piperidine rings is 1. The van der Waals surface area contributed by atoms with Crippen LogP contribution in [-0.4, -0.2) is 40.8 Å². The van der Waals surface area contributed by atoms with Gasteiger partial charge < -0.3 is 10.2 Å². The SMILES string of the molecule is O=C(NC1CCN(C(=O)[C@@H]2C[C@H]3CC[C@H]2C3)CC1)c1ccncc1. The lowest BCUT2D eigenvalue weighted by Gasteiger charge is -2.35. The minimum Gasteiger partial charge on any atom is -0.349 e. The van der Waals surface area contributed by atoms with Crippen molar-refractivity contribution in [3.63, 3.8) is 0 Å². The highest BCUT2D eigenvalue weighted by Crippen LogP contribution is 2.49. The third kappa shape index (κ3) is 3.04. The van der Waals surface area contributed by atoms with E-state index in [2.05, 4.69) is 10.3 Å². The predicted octanol–water partition coefficient (Wildman–Crippen LogP) is 2.24. The maximum absolute atomic E-state index is 12.8. The number of carbonyl (C=O) groups excluding carboxylic acids is 2. The summed E-state index contributed by atoms with van der Waals surface area (Å²) >= 11 is 0. The normalized spacial score (nSPS) is 29.7. The highest BCUT2D eigenvalue weighted by molar-refractivity contribution is 5.94. The van der Waals surface area contributed by atoms with E-state index in [1.165, 1.54) is 19.3 Å². The number of amides is 2. The average molecular weight is 327 g/mol. The number of pyridine rings is 1. The molecule has 3 aliphatic rings. The maximum atomic E-state index is 12.8. The fraction of sp³-hybridized carbons (Fsp3) is 0.632. The predicted molar refractivity (Wildman–Crippen MR) is 90.2 cm³/mol. The lowest BCUT2D eigenvalue weighted by atomic mass is 9.87. The summed E-state index contributed by atoms with van der Waals surface area (Å²) in [6.45, 7) is 1.54. The number of likely N-dealkylation sites (tertiary alicyclic amines) is 1. The van der Waals surface area contributed by atoms with E-state index in [1.54, 1.807) is 24.5 Å². The zero-order chi connectivity index (χ0) is 16.5. The quantitative estimate of drug-likeness (QED) is 0.926. The summed E-state index contributed by atoms with van der Waals surface area (Å²) in [4.78, 5) is 31.0. The third-order valence-corrected chi connectivity index (χ3v) is 6.14. The van der Waals surface area contributed by atoms with E-state index in [1.807, 2.05) is 4.90 Å². The highest BCUT2D eigenvalue weighted by Gasteiger charge is 2.44. The minimum absolute atomic E-state index is 0.0460. The summed E-state index contributed by atoms with van der Waals surface area (Å²) in [6, 6.07) is 3.61. The van der Waals surface area contributed by atoms with Crippen LogP contribution in [0.15, 0.2) is 24.5 Å². The van der Waals surface area contributed by atoms with Crippen molar-refractivity contribution >= 4 is 11.8 Å². The molecule has 3 atom stereocenters. The number of hydrogen-bond donors (Lipinski definition) is 1. The molecule has 4 rings (SSSR count). The second kappa shape index (κ2) is 6.54. The molecule has 0 spiro atoms. The van der Waals surface area contributed by atoms with Crippen LogP contribution in [0.2, 0.25) is 0 Å². The number of fused-ring (bicyclic) bond motifs is 2. The summed E-state index contributed by atoms with van der Waals surface area (Å²) in [5, 5.41) is 3.09. The van der Waals surface area contributed by atoms with E-state index in [0.29, 0.717) is 17.4 Å². The topological polar surface area (TPSA) is 62.3 Å². The van der Waals surface area contributed by atoms with Crippen LogP contribution < -0.4 is 5.32 Å². The van der Waals surface area contributed by atoms with Crippen molar-refractivity contribution in [2.45, 2.75) is 44.6 Å². The summed E-state index contributed by atoms with van der Waals surface area (Å²) in [6.07, 6.45) is 9.93. The number of rotatable bonds is 3. The molecule has 1 aromatic rings. The van der Waals surface area contributed by atoms with Crippen molar-refractivity contribution in [1.29, 1.82) is 0 Å². The van der Waals surface area contributed by atoms with Crippen LogP contribution in [0, 0.1) is 17.8 Å². The molecule has 1 aliphatic heterocycles. The first kappa shape index (κ1) is 15.6. The van der Waals surface area contributed by atoms with Crippen molar-refractivity contribution in [2.24, 2.45) is 17.8 Å². The minimum atomic E-state index is -0.0460. The Balaban J connectivity index is 1.28. The van der Waals surface area contributed by atoms with Crippen molar-refractivity contribution in [1.82, 2.24) is 15.2 Å². The molecule has 1 saturated heterocycles. The molecule has 128 valence electrons. The van der Waals surface area contributed by atoms with Gasteiger partial charge in [-0.05, 0) is 56.1 Å². The Morgan fingerprint density at radius 2 is 1.79 bits per heavy atom. The molecule has 3 fully saturated rings. The number of hydrogen-bond acceptors (Lipinski definition) is 3. The molecule has 2 amide bonds. The molecular weight excluding hydrogens is 302 g/mol. The summed E-state index contributed by atoms with van der Waals surface area (Å²) in [7, 11) is 0. The molecule has 5 nitrogen and oxygen atoms in total. The molecule has 0 aromatic carbocycles. The molecule has 2 saturated carbocycles. The summed E-state index contributed by atoms with van der Waals surface area (Å²) in [5.74, 6) is 2.07. The van der Waals surface area contributed by atoms with E-state index in [9.17, 15) is 9.59 Å². The van der Waals surface area contributed by atoms with Gasteiger partial charge in [0.2, 0.25) is 5.91 Å². The van der Waals surface area contributed by atoms with Crippen molar-refractivity contribution in [2.75, 3.05) is 13.1 Å². The molecule has 5 heteroatoms. The van der Waals surface area contributed by atoms with Crippen LogP contribution in [0.4, 0.5) is 0 Å². The van der Waals surface area contributed by atoms with Crippen LogP contribution in [0.5, 0.6) is 0 Å². The second-order valence-corrected chi connectivity index (χ2v) is 7.59. The fourth-order valence-corrected chi connectivity index (χ4v) is 4.80. The van der Waals surface area contributed by atoms with E-state index < -0.39 is 0 Å². The Morgan fingerprint density at radius 3 is 2.42 bits per heavy atom. The van der Waals surface area contributed by atoms with Gasteiger partial charge in [-0.1, -0.05) is 6.42 Å². The lowest BCUT2D eigenvalue weighted by Crippen LogP contribution is -2.48. The zero-order valence-corrected chi connectivity index (χ0v) is 14.0. The maximum Gasteiger partial charge on any atom is 0.251 e. The van der Waals surface area contributed by atoms with Crippen molar-refractivity contribution < 1.29 is 9.59 Å². The van der Waals surface area contributed by atoms with Gasteiger partial charge in [-0.15, -0.1) is 0 Å². The Morgan fingerprint density at radius 1 is 1.04 bits per heavy atom. The standard InChI is InChI=1S/C19H25N3O2/c23-18(14-3-7-20-8-4-14)21-16-5-9-22(10-6-16)19(24)17-12-13-1-2-15(17)11-13/h3-4,7-8,13,15-17H,1-2,5-6,9-12H2,(H,21,23)/t13-,15-,17+/m0/s1. The summed E-state index contributed by atoms with van der Waals surface area (Å²) in [5.41, 5.74) is 0.644. The van der Waals surface area contributed by atoms with Crippen LogP contribution in [-0.2, 0) is 4.79 Å². The number of nitrogens with one attached hydrogen (secondary N) is 1. The molecule has 2 heterocycles. The fourth-order valence-electron chi connectivity index (χ4n) is 4.80. The van der Waals surface area contributed by atoms with Gasteiger partial charge in [0.15, 0.2) is 0 Å². The molecule has 24 heavy (non-hydrogen) atoms. The Bertz CT molecular complexity index is 610. The molecule has 2 aliphatic carbocycles. The highest BCUT2D eigenvalue weighted by atomic mass is 16.2. The smallest absolute Gasteiger partial charge is 0.251 e. The third-order valence-electron chi connectivity index (χ3n) is 6.14. The molecule has 0 unspecified atom stereocenters. The van der Waals surface area contributed by atoms with Crippen LogP contribution in [0.3, 0.4) is 0 Å². The van der Waals surface area contributed by atoms with Gasteiger partial charge in [0.25, 0.3) is 5.91 Å². The molecule has 1 N–H and O–H groups in total. The average Bonchev–Trinajstić information content (AvgIpc) is 3.26. The van der Waals surface area contributed by atoms with Gasteiger partial charge in [0.1, 0.15) is 0 Å². The number of nitrogens with zero attached hydrogens (tertiary/aromatic N) is 2. The molecule has 2 bridgehead atoms. The molecule has 0 radical (unpaired) electrons. The molecular formula is C19H25N3O2. The summed E-state index contributed by atoms with van der Waals surface area (Å²) < 4.78 is 0. The first-order chi connectivity index (χ1) is 11.7. The van der Waals surface area contributed by atoms with E-state index in [4.69, 9.17) is 0 Å². The Hall–Kier alpha value is -1.91. The largest absolute Gasteiger partial charge is 0.349 e. The van der Waals surface area contributed by atoms with Gasteiger partial charge >= 0.3 is 0 Å². The van der Waals surface area contributed by atoms with Crippen molar-refractivity contribution in [3.05, 3.63) is 30.1 Å². The first-order valence-electron chi connectivity index (χ1n) is 9.20. The molecule has 1 aromatic heterocycles. The van der Waals surface area contributed by atoms with E-state index in [0.717, 1.165) is 38.3 Å². The van der Waals surface area contributed by atoms with Gasteiger partial charge in [0.05, 0.1) is 0 Å². The number of carbonyl (C=O) groups is 2. The van der Waals surface area contributed by atoms with Crippen LogP contribution >= 0.6 is 0 Å².